The Morgan fingerprint density at radius 1 is 1.22 bits per heavy atom. The molecule has 0 saturated heterocycles. The number of aromatic nitrogens is 2. The van der Waals surface area contributed by atoms with Crippen LogP contribution in [0.4, 0.5) is 5.69 Å². The van der Waals surface area contributed by atoms with E-state index in [-0.39, 0.29) is 6.15 Å². The molecule has 0 spiro atoms. The van der Waals surface area contributed by atoms with Gasteiger partial charge >= 0.3 is 0 Å². The Bertz CT molecular complexity index is 560. The topological polar surface area (TPSA) is 86.8 Å². The highest BCUT2D eigenvalue weighted by molar-refractivity contribution is 7.98. The third kappa shape index (κ3) is 3.13. The van der Waals surface area contributed by atoms with Crippen molar-refractivity contribution in [2.45, 2.75) is 12.1 Å². The predicted molar refractivity (Wildman–Crippen MR) is 78.4 cm³/mol. The van der Waals surface area contributed by atoms with Crippen molar-refractivity contribution in [3.63, 3.8) is 0 Å². The zero-order chi connectivity index (χ0) is 12.4. The van der Waals surface area contributed by atoms with Crippen LogP contribution in [-0.4, -0.2) is 16.2 Å². The largest absolute Gasteiger partial charge is 0.398 e. The molecule has 0 bridgehead atoms. The molecule has 0 atom stereocenters. The van der Waals surface area contributed by atoms with Gasteiger partial charge in [0.1, 0.15) is 5.15 Å². The number of rotatable bonds is 2. The summed E-state index contributed by atoms with van der Waals surface area (Å²) in [6.07, 6.45) is 1.91. The van der Waals surface area contributed by atoms with E-state index in [9.17, 15) is 0 Å². The summed E-state index contributed by atoms with van der Waals surface area (Å²) in [5.41, 5.74) is 9.43. The molecule has 1 heterocycles. The number of hydrogen-bond donors (Lipinski definition) is 2. The van der Waals surface area contributed by atoms with Crippen LogP contribution in [0.2, 0.25) is 5.15 Å². The van der Waals surface area contributed by atoms with Gasteiger partial charge in [0.15, 0.2) is 5.16 Å². The second kappa shape index (κ2) is 6.04. The molecule has 1 aromatic carbocycles. The van der Waals surface area contributed by atoms with E-state index < -0.39 is 0 Å². The summed E-state index contributed by atoms with van der Waals surface area (Å²) in [6.45, 7) is 2.02. The van der Waals surface area contributed by atoms with Crippen LogP contribution in [0.3, 0.4) is 0 Å². The molecule has 2 rings (SSSR count). The van der Waals surface area contributed by atoms with Crippen molar-refractivity contribution in [1.82, 2.24) is 16.1 Å². The third-order valence-electron chi connectivity index (χ3n) is 2.34. The van der Waals surface area contributed by atoms with Crippen molar-refractivity contribution in [2.75, 3.05) is 12.0 Å². The Morgan fingerprint density at radius 3 is 2.61 bits per heavy atom. The molecular formula is C12H15ClN4S. The Labute approximate surface area is 116 Å². The molecule has 0 aliphatic carbocycles. The van der Waals surface area contributed by atoms with Crippen molar-refractivity contribution in [3.8, 4) is 11.3 Å². The lowest BCUT2D eigenvalue weighted by Crippen LogP contribution is -1.95. The minimum absolute atomic E-state index is 0. The maximum Gasteiger partial charge on any atom is 0.189 e. The fourth-order valence-corrected chi connectivity index (χ4v) is 2.13. The lowest BCUT2D eigenvalue weighted by molar-refractivity contribution is 0.977. The van der Waals surface area contributed by atoms with Crippen LogP contribution < -0.4 is 11.9 Å². The van der Waals surface area contributed by atoms with Crippen LogP contribution >= 0.6 is 23.4 Å². The monoisotopic (exact) mass is 282 g/mol. The SMILES string of the molecule is CSc1nc(Cl)cc(-c2cc(C)ccc2N)n1.N. The average molecular weight is 283 g/mol. The Balaban J connectivity index is 0.00000162. The fourth-order valence-electron chi connectivity index (χ4n) is 1.52. The molecule has 0 aliphatic rings. The minimum Gasteiger partial charge on any atom is -0.398 e. The lowest BCUT2D eigenvalue weighted by Gasteiger charge is -2.07. The summed E-state index contributed by atoms with van der Waals surface area (Å²) in [7, 11) is 0. The standard InChI is InChI=1S/C12H12ClN3S.H3N/c1-7-3-4-9(14)8(5-7)10-6-11(13)16-12(15-10)17-2;/h3-6H,14H2,1-2H3;1H3. The molecule has 0 aliphatic heterocycles. The van der Waals surface area contributed by atoms with E-state index in [1.165, 1.54) is 11.8 Å². The molecule has 5 N–H and O–H groups in total. The van der Waals surface area contributed by atoms with E-state index >= 15 is 0 Å². The summed E-state index contributed by atoms with van der Waals surface area (Å²) in [5, 5.41) is 1.08. The number of thioether (sulfide) groups is 1. The normalized spacial score (nSPS) is 9.94. The van der Waals surface area contributed by atoms with Gasteiger partial charge in [0.25, 0.3) is 0 Å². The smallest absolute Gasteiger partial charge is 0.189 e. The quantitative estimate of drug-likeness (QED) is 0.380. The van der Waals surface area contributed by atoms with Crippen LogP contribution in [0, 0.1) is 6.92 Å². The highest BCUT2D eigenvalue weighted by atomic mass is 35.5. The zero-order valence-corrected chi connectivity index (χ0v) is 11.8. The van der Waals surface area contributed by atoms with Gasteiger partial charge in [-0.2, -0.15) is 0 Å². The van der Waals surface area contributed by atoms with E-state index in [2.05, 4.69) is 9.97 Å². The van der Waals surface area contributed by atoms with Crippen molar-refractivity contribution < 1.29 is 0 Å². The number of aryl methyl sites for hydroxylation is 1. The van der Waals surface area contributed by atoms with Crippen LogP contribution in [0.5, 0.6) is 0 Å². The molecule has 18 heavy (non-hydrogen) atoms. The molecular weight excluding hydrogens is 268 g/mol. The second-order valence-electron chi connectivity index (χ2n) is 3.65. The maximum absolute atomic E-state index is 5.97. The fraction of sp³-hybridized carbons (Fsp3) is 0.167. The van der Waals surface area contributed by atoms with Gasteiger partial charge in [0, 0.05) is 17.3 Å². The molecule has 0 fully saturated rings. The Kier molecular flexibility index (Phi) is 4.95. The van der Waals surface area contributed by atoms with Gasteiger partial charge in [0.05, 0.1) is 5.69 Å². The maximum atomic E-state index is 5.97. The molecule has 4 nitrogen and oxygen atoms in total. The molecule has 0 radical (unpaired) electrons. The van der Waals surface area contributed by atoms with Crippen molar-refractivity contribution in [1.29, 1.82) is 0 Å². The van der Waals surface area contributed by atoms with Crippen LogP contribution in [-0.2, 0) is 0 Å². The predicted octanol–water partition coefficient (Wildman–Crippen LogP) is 3.57. The third-order valence-corrected chi connectivity index (χ3v) is 3.08. The van der Waals surface area contributed by atoms with Gasteiger partial charge in [-0.1, -0.05) is 35.0 Å². The summed E-state index contributed by atoms with van der Waals surface area (Å²) in [5.74, 6) is 0. The number of nitrogens with two attached hydrogens (primary N) is 1. The number of nitrogens with zero attached hydrogens (tertiary/aromatic N) is 2. The zero-order valence-electron chi connectivity index (χ0n) is 10.3. The molecule has 6 heteroatoms. The number of hydrogen-bond acceptors (Lipinski definition) is 5. The van der Waals surface area contributed by atoms with Crippen LogP contribution in [0.25, 0.3) is 11.3 Å². The molecule has 0 saturated carbocycles. The van der Waals surface area contributed by atoms with Crippen LogP contribution in [0.1, 0.15) is 5.56 Å². The summed E-state index contributed by atoms with van der Waals surface area (Å²) in [6, 6.07) is 7.57. The first-order valence-corrected chi connectivity index (χ1v) is 6.65. The minimum atomic E-state index is 0. The van der Waals surface area contributed by atoms with E-state index in [1.54, 1.807) is 6.07 Å². The molecule has 2 aromatic rings. The number of anilines is 1. The van der Waals surface area contributed by atoms with Gasteiger partial charge in [-0.15, -0.1) is 0 Å². The van der Waals surface area contributed by atoms with Crippen LogP contribution in [0.15, 0.2) is 29.4 Å². The van der Waals surface area contributed by atoms with E-state index in [4.69, 9.17) is 17.3 Å². The molecule has 1 aromatic heterocycles. The molecule has 0 amide bonds. The number of halogens is 1. The summed E-state index contributed by atoms with van der Waals surface area (Å²) >= 11 is 7.42. The van der Waals surface area contributed by atoms with Gasteiger partial charge in [-0.25, -0.2) is 9.97 Å². The second-order valence-corrected chi connectivity index (χ2v) is 4.81. The van der Waals surface area contributed by atoms with Gasteiger partial charge in [-0.05, 0) is 25.3 Å². The molecule has 96 valence electrons. The first-order chi connectivity index (χ1) is 8.10. The number of benzene rings is 1. The van der Waals surface area contributed by atoms with Crippen molar-refractivity contribution >= 4 is 29.1 Å². The first-order valence-electron chi connectivity index (χ1n) is 5.05. The Hall–Kier alpha value is -1.30. The van der Waals surface area contributed by atoms with Crippen molar-refractivity contribution in [3.05, 3.63) is 35.0 Å². The summed E-state index contributed by atoms with van der Waals surface area (Å²) in [4.78, 5) is 8.52. The highest BCUT2D eigenvalue weighted by Gasteiger charge is 2.08. The molecule has 0 unspecified atom stereocenters. The van der Waals surface area contributed by atoms with Gasteiger partial charge in [0.2, 0.25) is 0 Å². The van der Waals surface area contributed by atoms with E-state index in [0.717, 1.165) is 16.8 Å². The van der Waals surface area contributed by atoms with Crippen molar-refractivity contribution in [2.24, 2.45) is 0 Å². The number of nitrogen functional groups attached to an aromatic ring is 1. The summed E-state index contributed by atoms with van der Waals surface area (Å²) < 4.78 is 0. The lowest BCUT2D eigenvalue weighted by atomic mass is 10.1. The average Bonchev–Trinajstić information content (AvgIpc) is 2.31. The van der Waals surface area contributed by atoms with Gasteiger partial charge in [-0.3, -0.25) is 0 Å². The Morgan fingerprint density at radius 2 is 1.94 bits per heavy atom. The first kappa shape index (κ1) is 14.8. The highest BCUT2D eigenvalue weighted by Crippen LogP contribution is 2.28. The van der Waals surface area contributed by atoms with E-state index in [0.29, 0.717) is 16.0 Å². The van der Waals surface area contributed by atoms with Gasteiger partial charge < -0.3 is 11.9 Å². The van der Waals surface area contributed by atoms with E-state index in [1.807, 2.05) is 31.4 Å².